The minimum atomic E-state index is -5.08. The van der Waals surface area contributed by atoms with Gasteiger partial charge >= 0.3 is 18.1 Å². The zero-order chi connectivity index (χ0) is 51.3. The Kier molecular flexibility index (Phi) is 28.1. The molecule has 7 amide bonds. The average Bonchev–Trinajstić information content (AvgIpc) is 3.17. The van der Waals surface area contributed by atoms with E-state index in [1.54, 1.807) is 34.6 Å². The van der Waals surface area contributed by atoms with E-state index in [1.165, 1.54) is 13.8 Å². The van der Waals surface area contributed by atoms with E-state index < -0.39 is 132 Å². The van der Waals surface area contributed by atoms with Crippen LogP contribution < -0.4 is 43.0 Å². The van der Waals surface area contributed by atoms with Crippen molar-refractivity contribution in [2.45, 2.75) is 169 Å². The normalized spacial score (nSPS) is 16.2. The van der Waals surface area contributed by atoms with E-state index in [-0.39, 0.29) is 37.0 Å². The first kappa shape index (κ1) is 62.0. The molecule has 0 aromatic carbocycles. The highest BCUT2D eigenvalue weighted by Crippen LogP contribution is 2.15. The standard InChI is InChI=1S/C39H72N8O11.C2HF3O2/c1-13-22(10)30(46-34(52)25(14-18(2)3)41-32(50)23(11)40)37(55)42-27(16-20(6)7)35(53)47-31(24(12)49)38(56)43-26(15-19(4)5)33(51)45-29(21(8)9)36(54)44-28(17-48)39(57)58;3-2(4,5)1(6)7/h18-31,48-49H,13-17,40H2,1-12H3,(H,41,50)(H,42,55)(H,43,56)(H,44,54)(H,45,51)(H,46,52)(H,47,53)(H,57,58);(H,6,7)/t22-,23-,24+,25-,26-,27-,28-,29-,30-,31-;/m0./s1. The highest BCUT2D eigenvalue weighted by Gasteiger charge is 2.39. The molecule has 0 aromatic heterocycles. The summed E-state index contributed by atoms with van der Waals surface area (Å²) in [4.78, 5) is 114. The number of aliphatic hydroxyl groups is 2. The average molecular weight is 943 g/mol. The Morgan fingerprint density at radius 3 is 1.09 bits per heavy atom. The molecule has 0 bridgehead atoms. The topological polar surface area (TPSA) is 345 Å². The number of nitrogens with one attached hydrogen (secondary N) is 7. The lowest BCUT2D eigenvalue weighted by Crippen LogP contribution is -2.62. The molecule has 0 radical (unpaired) electrons. The van der Waals surface area contributed by atoms with Crippen LogP contribution in [0.3, 0.4) is 0 Å². The fourth-order valence-corrected chi connectivity index (χ4v) is 5.79. The van der Waals surface area contributed by atoms with Gasteiger partial charge in [-0.1, -0.05) is 75.7 Å². The van der Waals surface area contributed by atoms with Crippen LogP contribution >= 0.6 is 0 Å². The van der Waals surface area contributed by atoms with Crippen molar-refractivity contribution in [2.24, 2.45) is 35.3 Å². The first-order chi connectivity index (χ1) is 29.7. The predicted molar refractivity (Wildman–Crippen MR) is 230 cm³/mol. The van der Waals surface area contributed by atoms with Gasteiger partial charge in [-0.25, -0.2) is 9.59 Å². The number of carboxylic acids is 2. The Hall–Kier alpha value is -5.10. The predicted octanol–water partition coefficient (Wildman–Crippen LogP) is -0.341. The molecular weight excluding hydrogens is 869 g/mol. The minimum Gasteiger partial charge on any atom is -0.480 e. The van der Waals surface area contributed by atoms with E-state index in [0.29, 0.717) is 6.42 Å². The molecular formula is C41H73F3N8O13. The third-order valence-corrected chi connectivity index (χ3v) is 9.58. The van der Waals surface area contributed by atoms with Crippen LogP contribution in [-0.4, -0.2) is 141 Å². The smallest absolute Gasteiger partial charge is 0.480 e. The number of hydrogen-bond donors (Lipinski definition) is 12. The highest BCUT2D eigenvalue weighted by atomic mass is 19.4. The lowest BCUT2D eigenvalue weighted by Gasteiger charge is -2.31. The van der Waals surface area contributed by atoms with Gasteiger partial charge in [-0.15, -0.1) is 0 Å². The molecule has 0 saturated heterocycles. The summed E-state index contributed by atoms with van der Waals surface area (Å²) >= 11 is 0. The van der Waals surface area contributed by atoms with Gasteiger partial charge in [0.2, 0.25) is 41.4 Å². The molecule has 0 aliphatic carbocycles. The molecule has 376 valence electrons. The molecule has 0 fully saturated rings. The Morgan fingerprint density at radius 1 is 0.508 bits per heavy atom. The van der Waals surface area contributed by atoms with Gasteiger partial charge in [0.25, 0.3) is 0 Å². The summed E-state index contributed by atoms with van der Waals surface area (Å²) in [6, 6.07) is -9.95. The zero-order valence-electron chi connectivity index (χ0n) is 39.3. The van der Waals surface area contributed by atoms with E-state index in [2.05, 4.69) is 37.2 Å². The number of carbonyl (C=O) groups excluding carboxylic acids is 7. The molecule has 0 aliphatic rings. The van der Waals surface area contributed by atoms with Crippen molar-refractivity contribution in [3.8, 4) is 0 Å². The minimum absolute atomic E-state index is 0.00244. The van der Waals surface area contributed by atoms with Crippen LogP contribution in [0.4, 0.5) is 13.2 Å². The molecule has 24 heteroatoms. The van der Waals surface area contributed by atoms with Crippen molar-refractivity contribution >= 4 is 53.3 Å². The van der Waals surface area contributed by atoms with Crippen LogP contribution in [0.1, 0.15) is 109 Å². The molecule has 0 spiro atoms. The van der Waals surface area contributed by atoms with Gasteiger partial charge in [0.05, 0.1) is 18.8 Å². The number of aliphatic carboxylic acids is 2. The fourth-order valence-electron chi connectivity index (χ4n) is 5.79. The molecule has 21 nitrogen and oxygen atoms in total. The number of halogens is 3. The van der Waals surface area contributed by atoms with Gasteiger partial charge in [0, 0.05) is 0 Å². The van der Waals surface area contributed by atoms with Gasteiger partial charge in [-0.2, -0.15) is 13.2 Å². The number of nitrogens with two attached hydrogens (primary N) is 1. The molecule has 0 aliphatic heterocycles. The molecule has 10 atom stereocenters. The number of carboxylic acid groups (broad SMARTS) is 2. The fraction of sp³-hybridized carbons (Fsp3) is 0.780. The summed E-state index contributed by atoms with van der Waals surface area (Å²) in [6.45, 7) is 19.5. The second-order valence-corrected chi connectivity index (χ2v) is 17.6. The molecule has 0 rings (SSSR count). The Labute approximate surface area is 378 Å². The Bertz CT molecular complexity index is 1600. The van der Waals surface area contributed by atoms with Crippen molar-refractivity contribution in [2.75, 3.05) is 6.61 Å². The van der Waals surface area contributed by atoms with Gasteiger partial charge < -0.3 is 63.4 Å². The number of rotatable bonds is 26. The summed E-state index contributed by atoms with van der Waals surface area (Å²) in [6.07, 6.45) is -5.67. The maximum absolute atomic E-state index is 13.9. The van der Waals surface area contributed by atoms with Crippen LogP contribution in [0.5, 0.6) is 0 Å². The maximum Gasteiger partial charge on any atom is 0.490 e. The van der Waals surface area contributed by atoms with Crippen LogP contribution in [0.25, 0.3) is 0 Å². The van der Waals surface area contributed by atoms with Crippen molar-refractivity contribution < 1.29 is 76.7 Å². The van der Waals surface area contributed by atoms with Gasteiger partial charge in [0.1, 0.15) is 42.3 Å². The van der Waals surface area contributed by atoms with Crippen LogP contribution in [0.15, 0.2) is 0 Å². The second-order valence-electron chi connectivity index (χ2n) is 17.6. The van der Waals surface area contributed by atoms with Crippen molar-refractivity contribution in [3.05, 3.63) is 0 Å². The summed E-state index contributed by atoms with van der Waals surface area (Å²) in [5, 5.41) is 54.2. The maximum atomic E-state index is 13.9. The molecule has 0 aromatic rings. The number of aliphatic hydroxyl groups excluding tert-OH is 2. The number of carbonyl (C=O) groups is 9. The molecule has 13 N–H and O–H groups in total. The summed E-state index contributed by atoms with van der Waals surface area (Å²) in [7, 11) is 0. The Morgan fingerprint density at radius 2 is 0.815 bits per heavy atom. The number of alkyl halides is 3. The monoisotopic (exact) mass is 943 g/mol. The van der Waals surface area contributed by atoms with Crippen LogP contribution in [-0.2, 0) is 43.2 Å². The number of amides is 7. The third kappa shape index (κ3) is 24.1. The first-order valence-corrected chi connectivity index (χ1v) is 21.4. The largest absolute Gasteiger partial charge is 0.490 e. The second kappa shape index (κ2) is 29.4. The van der Waals surface area contributed by atoms with E-state index in [9.17, 15) is 66.8 Å². The third-order valence-electron chi connectivity index (χ3n) is 9.58. The zero-order valence-corrected chi connectivity index (χ0v) is 39.3. The number of hydrogen-bond acceptors (Lipinski definition) is 12. The first-order valence-electron chi connectivity index (χ1n) is 21.4. The summed E-state index contributed by atoms with van der Waals surface area (Å²) < 4.78 is 31.7. The van der Waals surface area contributed by atoms with Crippen molar-refractivity contribution in [3.63, 3.8) is 0 Å². The molecule has 0 unspecified atom stereocenters. The molecule has 0 saturated carbocycles. The van der Waals surface area contributed by atoms with Gasteiger partial charge in [-0.05, 0) is 62.7 Å². The van der Waals surface area contributed by atoms with Crippen LogP contribution in [0, 0.1) is 29.6 Å². The van der Waals surface area contributed by atoms with Crippen LogP contribution in [0.2, 0.25) is 0 Å². The van der Waals surface area contributed by atoms with Crippen molar-refractivity contribution in [1.29, 1.82) is 0 Å². The van der Waals surface area contributed by atoms with E-state index in [1.807, 2.05) is 34.6 Å². The molecule has 65 heavy (non-hydrogen) atoms. The van der Waals surface area contributed by atoms with E-state index in [4.69, 9.17) is 15.6 Å². The van der Waals surface area contributed by atoms with Gasteiger partial charge in [0.15, 0.2) is 0 Å². The van der Waals surface area contributed by atoms with Crippen molar-refractivity contribution in [1.82, 2.24) is 37.2 Å². The highest BCUT2D eigenvalue weighted by molar-refractivity contribution is 5.97. The molecule has 0 heterocycles. The van der Waals surface area contributed by atoms with Gasteiger partial charge in [-0.3, -0.25) is 33.6 Å². The lowest BCUT2D eigenvalue weighted by atomic mass is 9.95. The van der Waals surface area contributed by atoms with E-state index >= 15 is 0 Å². The quantitative estimate of drug-likeness (QED) is 0.0528. The summed E-state index contributed by atoms with van der Waals surface area (Å²) in [5.74, 6) is -10.8. The lowest BCUT2D eigenvalue weighted by molar-refractivity contribution is -0.192. The SMILES string of the molecule is CC[C@H](C)[C@H](NC(=O)[C@H](CC(C)C)NC(=O)[C@H](C)N)C(=O)N[C@@H](CC(C)C)C(=O)N[C@H](C(=O)N[C@@H](CC(C)C)C(=O)N[C@H](C(=O)N[C@@H](CO)C(=O)O)C(C)C)[C@@H](C)O.O=C(O)C(F)(F)F. The summed E-state index contributed by atoms with van der Waals surface area (Å²) in [5.41, 5.74) is 5.71. The Balaban J connectivity index is 0. The van der Waals surface area contributed by atoms with E-state index in [0.717, 1.165) is 0 Å².